The average Bonchev–Trinajstić information content (AvgIpc) is 4.23. The number of rotatable bonds is 4. The summed E-state index contributed by atoms with van der Waals surface area (Å²) in [5.74, 6) is 0. The molecule has 72 heavy (non-hydrogen) atoms. The zero-order valence-electron chi connectivity index (χ0n) is 37.5. The lowest BCUT2D eigenvalue weighted by Gasteiger charge is -2.04. The van der Waals surface area contributed by atoms with Crippen LogP contribution in [0.1, 0.15) is 22.3 Å². The van der Waals surface area contributed by atoms with Crippen molar-refractivity contribution in [3.63, 3.8) is 0 Å². The smallest absolute Gasteiger partial charge is 0.161 e. The van der Waals surface area contributed by atoms with Crippen molar-refractivity contribution in [2.45, 2.75) is 27.7 Å². The van der Waals surface area contributed by atoms with Crippen LogP contribution in [0, 0.1) is 27.7 Å². The summed E-state index contributed by atoms with van der Waals surface area (Å²) in [6.07, 6.45) is 0. The van der Waals surface area contributed by atoms with Gasteiger partial charge in [0.1, 0.15) is 22.3 Å². The van der Waals surface area contributed by atoms with Gasteiger partial charge in [0.15, 0.2) is 22.3 Å². The van der Waals surface area contributed by atoms with E-state index in [1.807, 2.05) is 0 Å². The van der Waals surface area contributed by atoms with Crippen LogP contribution in [0.5, 0.6) is 0 Å². The topological polar surface area (TPSA) is 52.6 Å². The summed E-state index contributed by atoms with van der Waals surface area (Å²) in [5.41, 5.74) is 16.4. The second-order valence-electron chi connectivity index (χ2n) is 17.6. The number of thiophene rings is 4. The van der Waals surface area contributed by atoms with Crippen LogP contribution in [0.4, 0.5) is 0 Å². The lowest BCUT2D eigenvalue weighted by molar-refractivity contribution is 0.663. The molecule has 4 nitrogen and oxygen atoms in total. The molecule has 0 atom stereocenters. The largest absolute Gasteiger partial charge is 0.454 e. The normalized spacial score (nSPS) is 12.2. The minimum atomic E-state index is 0.865. The highest BCUT2D eigenvalue weighted by Crippen LogP contribution is 2.54. The Morgan fingerprint density at radius 2 is 0.500 bits per heavy atom. The molecule has 0 aliphatic heterocycles. The van der Waals surface area contributed by atoms with E-state index in [1.165, 1.54) is 22.3 Å². The molecule has 0 aliphatic rings. The highest BCUT2D eigenvalue weighted by atomic mass is 79.9. The van der Waals surface area contributed by atoms with Gasteiger partial charge in [-0.05, 0) is 162 Å². The van der Waals surface area contributed by atoms with Gasteiger partial charge in [-0.25, -0.2) is 0 Å². The molecular weight excluding hydrogens is 1500 g/mol. The first kappa shape index (κ1) is 48.8. The first-order chi connectivity index (χ1) is 34.6. The minimum absolute atomic E-state index is 0.865. The van der Waals surface area contributed by atoms with E-state index in [4.69, 9.17) is 17.7 Å². The lowest BCUT2D eigenvalue weighted by Crippen LogP contribution is -1.79. The maximum atomic E-state index is 6.42. The number of hydrogen-bond donors (Lipinski definition) is 0. The van der Waals surface area contributed by atoms with Crippen molar-refractivity contribution in [1.82, 2.24) is 0 Å². The summed E-state index contributed by atoms with van der Waals surface area (Å²) >= 11 is 37.1. The van der Waals surface area contributed by atoms with Gasteiger partial charge in [0.2, 0.25) is 0 Å². The van der Waals surface area contributed by atoms with Crippen LogP contribution in [0.15, 0.2) is 151 Å². The zero-order chi connectivity index (χ0) is 49.8. The first-order valence-electron chi connectivity index (χ1n) is 22.0. The first-order valence-corrected chi connectivity index (χ1v) is 31.6. The quantitative estimate of drug-likeness (QED) is 0.176. The third-order valence-electron chi connectivity index (χ3n) is 12.7. The molecule has 14 aromatic rings. The molecule has 356 valence electrons. The predicted octanol–water partition coefficient (Wildman–Crippen LogP) is 25.2. The summed E-state index contributed by atoms with van der Waals surface area (Å²) in [6.45, 7) is 8.38. The van der Waals surface area contributed by atoms with Crippen LogP contribution in [-0.4, -0.2) is 0 Å². The van der Waals surface area contributed by atoms with Gasteiger partial charge in [0, 0.05) is 61.7 Å². The number of halogens is 8. The Balaban J connectivity index is 0.000000140. The number of hydrogen-bond acceptors (Lipinski definition) is 8. The maximum Gasteiger partial charge on any atom is 0.161 e. The Morgan fingerprint density at radius 3 is 0.694 bits per heavy atom. The molecule has 0 amide bonds. The molecule has 16 heteroatoms. The number of aryl methyl sites for hydroxylation is 4. The Hall–Kier alpha value is -2.84. The summed E-state index contributed by atoms with van der Waals surface area (Å²) in [7, 11) is 0. The van der Waals surface area contributed by atoms with E-state index in [0.717, 1.165) is 163 Å². The van der Waals surface area contributed by atoms with Gasteiger partial charge in [-0.3, -0.25) is 0 Å². The van der Waals surface area contributed by atoms with Gasteiger partial charge in [-0.2, -0.15) is 0 Å². The van der Waals surface area contributed by atoms with Gasteiger partial charge < -0.3 is 17.7 Å². The zero-order valence-corrected chi connectivity index (χ0v) is 53.5. The maximum absolute atomic E-state index is 6.42. The van der Waals surface area contributed by atoms with E-state index in [2.05, 4.69) is 252 Å². The highest BCUT2D eigenvalue weighted by Gasteiger charge is 2.27. The van der Waals surface area contributed by atoms with Crippen LogP contribution in [0.25, 0.3) is 127 Å². The Labute approximate surface area is 493 Å². The van der Waals surface area contributed by atoms with Crippen LogP contribution in [0.3, 0.4) is 0 Å². The Morgan fingerprint density at radius 1 is 0.292 bits per heavy atom. The van der Waals surface area contributed by atoms with E-state index in [-0.39, 0.29) is 0 Å². The molecule has 0 saturated heterocycles. The molecule has 6 aromatic carbocycles. The van der Waals surface area contributed by atoms with Crippen molar-refractivity contribution in [1.29, 1.82) is 0 Å². The van der Waals surface area contributed by atoms with Gasteiger partial charge in [-0.15, -0.1) is 45.3 Å². The fourth-order valence-electron chi connectivity index (χ4n) is 9.18. The molecule has 14 rings (SSSR count). The van der Waals surface area contributed by atoms with Crippen molar-refractivity contribution >= 4 is 258 Å². The van der Waals surface area contributed by atoms with Gasteiger partial charge >= 0.3 is 0 Å². The van der Waals surface area contributed by atoms with E-state index in [9.17, 15) is 0 Å². The Kier molecular flexibility index (Phi) is 12.5. The number of benzene rings is 6. The highest BCUT2D eigenvalue weighted by molar-refractivity contribution is 9.12. The molecule has 0 fully saturated rings. The lowest BCUT2D eigenvalue weighted by atomic mass is 10.1. The summed E-state index contributed by atoms with van der Waals surface area (Å²) in [6, 6.07) is 34.2. The molecule has 0 aliphatic carbocycles. The SMILES string of the molecule is Cc1ccc(-c2sc3c(oc4cc5c(cc43)oc3c(Br)c(-c4ccc(C)cc4Br)sc35)c2Br)c(Br)c1.Cc1ccc(-c2sc3c(oc4cc5c(cc43)oc3c(Br)c(-c4ccc(C)cc4Br)sc35)c2Br)c(Br)c1. The molecule has 0 saturated carbocycles. The molecular formula is C56H28Br8O4S4. The van der Waals surface area contributed by atoms with Crippen molar-refractivity contribution in [3.8, 4) is 41.8 Å². The van der Waals surface area contributed by atoms with E-state index >= 15 is 0 Å². The fourth-order valence-corrected chi connectivity index (χ4v) is 20.7. The standard InChI is InChI=1S/2C28H14Br4O2S2/c2*1-11-3-5-13(17(29)7-11)25-21(31)23-27(35-25)15-9-20-16(10-19(15)33-23)28-24(34-20)22(32)26(36-28)14-6-4-12(2)8-18(14)30/h2*3-10H,1-2H3. The minimum Gasteiger partial charge on any atom is -0.454 e. The molecule has 0 N–H and O–H groups in total. The summed E-state index contributed by atoms with van der Waals surface area (Å²) in [5, 5.41) is 4.27. The average molecular weight is 1530 g/mol. The molecule has 0 spiro atoms. The summed E-state index contributed by atoms with van der Waals surface area (Å²) in [4.78, 5) is 4.59. The van der Waals surface area contributed by atoms with Crippen molar-refractivity contribution in [2.24, 2.45) is 0 Å². The third kappa shape index (κ3) is 7.88. The molecule has 0 radical (unpaired) electrons. The fraction of sp³-hybridized carbons (Fsp3) is 0.0714. The van der Waals surface area contributed by atoms with Crippen molar-refractivity contribution in [3.05, 3.63) is 155 Å². The Bertz CT molecular complexity index is 4050. The van der Waals surface area contributed by atoms with Crippen LogP contribution < -0.4 is 0 Å². The molecule has 0 bridgehead atoms. The third-order valence-corrected chi connectivity index (χ3v) is 24.4. The number of fused-ring (bicyclic) bond motifs is 12. The summed E-state index contributed by atoms with van der Waals surface area (Å²) < 4.78 is 38.4. The van der Waals surface area contributed by atoms with E-state index < -0.39 is 0 Å². The predicted molar refractivity (Wildman–Crippen MR) is 336 cm³/mol. The van der Waals surface area contributed by atoms with Crippen LogP contribution in [-0.2, 0) is 0 Å². The molecule has 0 unspecified atom stereocenters. The monoisotopic (exact) mass is 1520 g/mol. The van der Waals surface area contributed by atoms with E-state index in [1.54, 1.807) is 45.3 Å². The van der Waals surface area contributed by atoms with Gasteiger partial charge in [-0.1, -0.05) is 112 Å². The molecule has 8 heterocycles. The number of furan rings is 4. The van der Waals surface area contributed by atoms with E-state index in [0.29, 0.717) is 0 Å². The second-order valence-corrected chi connectivity index (χ2v) is 28.3. The van der Waals surface area contributed by atoms with Gasteiger partial charge in [0.25, 0.3) is 0 Å². The van der Waals surface area contributed by atoms with Crippen molar-refractivity contribution < 1.29 is 17.7 Å². The van der Waals surface area contributed by atoms with Crippen molar-refractivity contribution in [2.75, 3.05) is 0 Å². The van der Waals surface area contributed by atoms with Gasteiger partial charge in [0.05, 0.1) is 56.2 Å². The second kappa shape index (κ2) is 18.4. The van der Waals surface area contributed by atoms with Crippen LogP contribution >= 0.6 is 173 Å². The van der Waals surface area contributed by atoms with Crippen LogP contribution in [0.2, 0.25) is 0 Å². The molecule has 8 aromatic heterocycles.